The van der Waals surface area contributed by atoms with E-state index < -0.39 is 12.2 Å². The van der Waals surface area contributed by atoms with Gasteiger partial charge in [0.2, 0.25) is 5.91 Å². The number of likely N-dealkylation sites (tertiary alicyclic amines) is 2. The number of halogens is 1. The predicted octanol–water partition coefficient (Wildman–Crippen LogP) is 2.19. The number of pyridine rings is 1. The van der Waals surface area contributed by atoms with Crippen molar-refractivity contribution in [1.29, 1.82) is 5.26 Å². The number of benzene rings is 1. The van der Waals surface area contributed by atoms with Gasteiger partial charge in [0.15, 0.2) is 0 Å². The van der Waals surface area contributed by atoms with Crippen molar-refractivity contribution in [3.8, 4) is 11.8 Å². The summed E-state index contributed by atoms with van der Waals surface area (Å²) in [5.41, 5.74) is 1.85. The molecule has 1 unspecified atom stereocenters. The molecule has 8 heteroatoms. The summed E-state index contributed by atoms with van der Waals surface area (Å²) in [6.45, 7) is 1.75. The Morgan fingerprint density at radius 2 is 2.28 bits per heavy atom. The summed E-state index contributed by atoms with van der Waals surface area (Å²) in [5.74, 6) is 0.611. The molecule has 2 aliphatic rings. The molecule has 0 saturated carbocycles. The van der Waals surface area contributed by atoms with Gasteiger partial charge in [0, 0.05) is 42.8 Å². The van der Waals surface area contributed by atoms with Gasteiger partial charge >= 0.3 is 0 Å². The third kappa shape index (κ3) is 4.10. The molecule has 7 nitrogen and oxygen atoms in total. The molecule has 0 radical (unpaired) electrons. The predicted molar refractivity (Wildman–Crippen MR) is 107 cm³/mol. The number of hydrogen-bond acceptors (Lipinski definition) is 6. The van der Waals surface area contributed by atoms with Crippen molar-refractivity contribution in [3.63, 3.8) is 0 Å². The van der Waals surface area contributed by atoms with Crippen LogP contribution in [0.2, 0.25) is 0 Å². The summed E-state index contributed by atoms with van der Waals surface area (Å²) >= 11 is 0. The lowest BCUT2D eigenvalue weighted by molar-refractivity contribution is -0.132. The lowest BCUT2D eigenvalue weighted by Crippen LogP contribution is -2.42. The highest BCUT2D eigenvalue weighted by molar-refractivity contribution is 5.88. The van der Waals surface area contributed by atoms with Gasteiger partial charge in [0.05, 0.1) is 31.8 Å². The molecule has 0 aliphatic carbocycles. The zero-order valence-corrected chi connectivity index (χ0v) is 16.3. The number of hydrogen-bond donors (Lipinski definition) is 1. The zero-order chi connectivity index (χ0) is 20.4. The fraction of sp³-hybridized carbons (Fsp3) is 0.476. The van der Waals surface area contributed by atoms with Crippen molar-refractivity contribution in [1.82, 2.24) is 14.8 Å². The van der Waals surface area contributed by atoms with Gasteiger partial charge in [0.1, 0.15) is 18.0 Å². The second kappa shape index (κ2) is 8.21. The number of nitriles is 1. The van der Waals surface area contributed by atoms with Crippen LogP contribution in [0.5, 0.6) is 5.75 Å². The number of amides is 1. The molecule has 0 bridgehead atoms. The first-order chi connectivity index (χ1) is 14.1. The average molecular weight is 397 g/mol. The quantitative estimate of drug-likeness (QED) is 0.833. The molecule has 3 atom stereocenters. The minimum atomic E-state index is -1.10. The van der Waals surface area contributed by atoms with E-state index in [2.05, 4.69) is 15.2 Å². The van der Waals surface area contributed by atoms with Crippen molar-refractivity contribution in [2.75, 3.05) is 38.6 Å². The molecule has 1 amide bonds. The normalized spacial score (nSPS) is 24.6. The van der Waals surface area contributed by atoms with Crippen LogP contribution in [0.25, 0.3) is 10.9 Å². The van der Waals surface area contributed by atoms with E-state index in [-0.39, 0.29) is 31.5 Å². The Balaban J connectivity index is 1.36. The smallest absolute Gasteiger partial charge is 0.237 e. The lowest BCUT2D eigenvalue weighted by atomic mass is 10.1. The molecule has 0 spiro atoms. The average Bonchev–Trinajstić information content (AvgIpc) is 3.33. The molecule has 2 fully saturated rings. The number of nitrogens with zero attached hydrogens (tertiary/aromatic N) is 4. The molecule has 152 valence electrons. The molecule has 1 aromatic heterocycles. The summed E-state index contributed by atoms with van der Waals surface area (Å²) in [7, 11) is 1.64. The van der Waals surface area contributed by atoms with Crippen LogP contribution in [0, 0.1) is 11.3 Å². The van der Waals surface area contributed by atoms with E-state index >= 15 is 0 Å². The van der Waals surface area contributed by atoms with E-state index in [1.807, 2.05) is 30.3 Å². The lowest BCUT2D eigenvalue weighted by Gasteiger charge is -2.23. The van der Waals surface area contributed by atoms with Gasteiger partial charge in [0.25, 0.3) is 0 Å². The number of alkyl halides is 1. The summed E-state index contributed by atoms with van der Waals surface area (Å²) in [5, 5.41) is 13.6. The molecular weight excluding hydrogens is 373 g/mol. The molecular formula is C21H24FN5O2. The third-order valence-electron chi connectivity index (χ3n) is 5.64. The van der Waals surface area contributed by atoms with Gasteiger partial charge in [-0.1, -0.05) is 0 Å². The number of ether oxygens (including phenoxy) is 1. The Kier molecular flexibility index (Phi) is 5.49. The summed E-state index contributed by atoms with van der Waals surface area (Å²) in [4.78, 5) is 20.3. The maximum Gasteiger partial charge on any atom is 0.237 e. The minimum Gasteiger partial charge on any atom is -0.496 e. The number of nitrogens with one attached hydrogen (secondary N) is 1. The number of carbonyl (C=O) groups is 1. The first kappa shape index (κ1) is 19.4. The SMILES string of the molecule is COc1ccnc2ccc(N[C@@H]3CCN(CC(=O)N4C[C@@H](F)CC4C#N)C3)cc12. The van der Waals surface area contributed by atoms with Crippen molar-refractivity contribution in [3.05, 3.63) is 30.5 Å². The maximum atomic E-state index is 13.6. The second-order valence-electron chi connectivity index (χ2n) is 7.63. The second-order valence-corrected chi connectivity index (χ2v) is 7.63. The van der Waals surface area contributed by atoms with Crippen LogP contribution in [0.1, 0.15) is 12.8 Å². The van der Waals surface area contributed by atoms with Crippen LogP contribution >= 0.6 is 0 Å². The van der Waals surface area contributed by atoms with Gasteiger partial charge < -0.3 is 15.0 Å². The van der Waals surface area contributed by atoms with Crippen molar-refractivity contribution < 1.29 is 13.9 Å². The number of methoxy groups -OCH3 is 1. The first-order valence-electron chi connectivity index (χ1n) is 9.82. The maximum absolute atomic E-state index is 13.6. The van der Waals surface area contributed by atoms with E-state index in [1.165, 1.54) is 4.90 Å². The van der Waals surface area contributed by atoms with E-state index in [9.17, 15) is 9.18 Å². The fourth-order valence-electron chi connectivity index (χ4n) is 4.18. The van der Waals surface area contributed by atoms with E-state index in [0.717, 1.165) is 41.9 Å². The van der Waals surface area contributed by atoms with Gasteiger partial charge in [-0.25, -0.2) is 4.39 Å². The van der Waals surface area contributed by atoms with Crippen molar-refractivity contribution in [2.24, 2.45) is 0 Å². The number of fused-ring (bicyclic) bond motifs is 1. The fourth-order valence-corrected chi connectivity index (χ4v) is 4.18. The van der Waals surface area contributed by atoms with Crippen molar-refractivity contribution >= 4 is 22.5 Å². The van der Waals surface area contributed by atoms with Crippen LogP contribution in [0.3, 0.4) is 0 Å². The van der Waals surface area contributed by atoms with E-state index in [0.29, 0.717) is 0 Å². The van der Waals surface area contributed by atoms with Gasteiger partial charge in [-0.3, -0.25) is 14.7 Å². The van der Waals surface area contributed by atoms with Crippen LogP contribution < -0.4 is 10.1 Å². The van der Waals surface area contributed by atoms with Gasteiger partial charge in [-0.15, -0.1) is 0 Å². The van der Waals surface area contributed by atoms with Crippen LogP contribution in [0.4, 0.5) is 10.1 Å². The highest BCUT2D eigenvalue weighted by Gasteiger charge is 2.36. The van der Waals surface area contributed by atoms with E-state index in [1.54, 1.807) is 13.3 Å². The van der Waals surface area contributed by atoms with Gasteiger partial charge in [-0.05, 0) is 30.7 Å². The zero-order valence-electron chi connectivity index (χ0n) is 16.3. The van der Waals surface area contributed by atoms with Crippen LogP contribution in [-0.2, 0) is 4.79 Å². The molecule has 2 aliphatic heterocycles. The van der Waals surface area contributed by atoms with Gasteiger partial charge in [-0.2, -0.15) is 5.26 Å². The molecule has 1 N–H and O–H groups in total. The monoisotopic (exact) mass is 397 g/mol. The molecule has 2 aromatic rings. The third-order valence-corrected chi connectivity index (χ3v) is 5.64. The number of anilines is 1. The summed E-state index contributed by atoms with van der Waals surface area (Å²) < 4.78 is 19.0. The minimum absolute atomic E-state index is 0.0273. The molecule has 4 rings (SSSR count). The summed E-state index contributed by atoms with van der Waals surface area (Å²) in [6, 6.07) is 9.41. The number of carbonyl (C=O) groups excluding carboxylic acids is 1. The Labute approximate surface area is 169 Å². The highest BCUT2D eigenvalue weighted by Crippen LogP contribution is 2.27. The largest absolute Gasteiger partial charge is 0.496 e. The molecule has 2 saturated heterocycles. The Hall–Kier alpha value is -2.92. The van der Waals surface area contributed by atoms with Crippen LogP contribution in [0.15, 0.2) is 30.5 Å². The molecule has 1 aromatic carbocycles. The molecule has 29 heavy (non-hydrogen) atoms. The molecule has 3 heterocycles. The topological polar surface area (TPSA) is 81.5 Å². The van der Waals surface area contributed by atoms with E-state index in [4.69, 9.17) is 10.00 Å². The standard InChI is InChI=1S/C21H24FN5O2/c1-29-20-4-6-24-19-3-2-15(9-18(19)20)25-16-5-7-26(12-16)13-21(28)27-11-14(22)8-17(27)10-23/h2-4,6,9,14,16-17,25H,5,7-8,11-13H2,1H3/t14-,16+,17?/m0/s1. The first-order valence-corrected chi connectivity index (χ1v) is 9.82. The number of aromatic nitrogens is 1. The highest BCUT2D eigenvalue weighted by atomic mass is 19.1. The Bertz CT molecular complexity index is 946. The summed E-state index contributed by atoms with van der Waals surface area (Å²) in [6.07, 6.45) is 1.65. The number of rotatable bonds is 5. The Morgan fingerprint density at radius 1 is 1.41 bits per heavy atom. The van der Waals surface area contributed by atoms with Crippen molar-refractivity contribution in [2.45, 2.75) is 31.1 Å². The Morgan fingerprint density at radius 3 is 3.07 bits per heavy atom. The van der Waals surface area contributed by atoms with Crippen LogP contribution in [-0.4, -0.2) is 72.2 Å².